The zero-order valence-electron chi connectivity index (χ0n) is 14.3. The van der Waals surface area contributed by atoms with Crippen molar-refractivity contribution in [1.82, 2.24) is 14.6 Å². The van der Waals surface area contributed by atoms with Crippen LogP contribution in [0.2, 0.25) is 0 Å². The van der Waals surface area contributed by atoms with Gasteiger partial charge in [0.25, 0.3) is 0 Å². The molecule has 0 aliphatic carbocycles. The van der Waals surface area contributed by atoms with Crippen LogP contribution in [0.4, 0.5) is 0 Å². The maximum atomic E-state index is 12.3. The molecule has 1 N–H and O–H groups in total. The molecular formula is C17H23N3O3S2. The molecule has 2 heterocycles. The molecule has 0 unspecified atom stereocenters. The monoisotopic (exact) mass is 381 g/mol. The molecule has 1 aliphatic heterocycles. The number of ether oxygens (including phenoxy) is 1. The second kappa shape index (κ2) is 8.37. The largest absolute Gasteiger partial charge is 0.379 e. The maximum absolute atomic E-state index is 12.3. The van der Waals surface area contributed by atoms with E-state index < -0.39 is 10.0 Å². The first kappa shape index (κ1) is 18.5. The topological polar surface area (TPSA) is 71.5 Å². The van der Waals surface area contributed by atoms with Crippen LogP contribution in [0.15, 0.2) is 29.6 Å². The molecule has 0 saturated carbocycles. The summed E-state index contributed by atoms with van der Waals surface area (Å²) in [4.78, 5) is 6.84. The standard InChI is InChI=1S/C17H23N3O3S2/c1-14-4-2-3-5-15(14)13-25(21,22)18-10-17-19-16(12-24-17)11-20-6-8-23-9-7-20/h2-5,12,18H,6-11,13H2,1H3. The number of thiazole rings is 1. The Hall–Kier alpha value is -1.32. The van der Waals surface area contributed by atoms with Gasteiger partial charge in [-0.05, 0) is 18.1 Å². The van der Waals surface area contributed by atoms with Gasteiger partial charge in [-0.2, -0.15) is 0 Å². The summed E-state index contributed by atoms with van der Waals surface area (Å²) in [5, 5.41) is 2.79. The summed E-state index contributed by atoms with van der Waals surface area (Å²) in [6.45, 7) is 6.29. The number of rotatable bonds is 7. The lowest BCUT2D eigenvalue weighted by atomic mass is 10.1. The van der Waals surface area contributed by atoms with Crippen LogP contribution >= 0.6 is 11.3 Å². The highest BCUT2D eigenvalue weighted by Gasteiger charge is 2.15. The Kier molecular flexibility index (Phi) is 6.19. The van der Waals surface area contributed by atoms with Crippen LogP contribution in [-0.2, 0) is 33.6 Å². The minimum atomic E-state index is -3.38. The third-order valence-corrected chi connectivity index (χ3v) is 6.31. The van der Waals surface area contributed by atoms with Gasteiger partial charge in [0.15, 0.2) is 0 Å². The second-order valence-corrected chi connectivity index (χ2v) is 8.88. The fourth-order valence-corrected chi connectivity index (χ4v) is 4.70. The average molecular weight is 382 g/mol. The highest BCUT2D eigenvalue weighted by Crippen LogP contribution is 2.14. The number of benzene rings is 1. The number of hydrogen-bond acceptors (Lipinski definition) is 6. The Morgan fingerprint density at radius 1 is 1.28 bits per heavy atom. The van der Waals surface area contributed by atoms with E-state index in [-0.39, 0.29) is 12.3 Å². The second-order valence-electron chi connectivity index (χ2n) is 6.13. The van der Waals surface area contributed by atoms with Crippen molar-refractivity contribution in [3.05, 3.63) is 51.5 Å². The number of aryl methyl sites for hydroxylation is 1. The van der Waals surface area contributed by atoms with Gasteiger partial charge in [-0.15, -0.1) is 11.3 Å². The van der Waals surface area contributed by atoms with Crippen molar-refractivity contribution in [3.63, 3.8) is 0 Å². The van der Waals surface area contributed by atoms with Crippen molar-refractivity contribution >= 4 is 21.4 Å². The lowest BCUT2D eigenvalue weighted by molar-refractivity contribution is 0.0337. The summed E-state index contributed by atoms with van der Waals surface area (Å²) in [6.07, 6.45) is 0. The van der Waals surface area contributed by atoms with E-state index in [1.165, 1.54) is 11.3 Å². The summed E-state index contributed by atoms with van der Waals surface area (Å²) < 4.78 is 32.6. The summed E-state index contributed by atoms with van der Waals surface area (Å²) in [6, 6.07) is 7.53. The molecule has 0 amide bonds. The van der Waals surface area contributed by atoms with Crippen LogP contribution in [0, 0.1) is 6.92 Å². The average Bonchev–Trinajstić information content (AvgIpc) is 3.04. The van der Waals surface area contributed by atoms with Crippen molar-refractivity contribution in [2.24, 2.45) is 0 Å². The Morgan fingerprint density at radius 2 is 2.04 bits per heavy atom. The molecule has 1 aliphatic rings. The molecule has 0 atom stereocenters. The van der Waals surface area contributed by atoms with Gasteiger partial charge in [-0.3, -0.25) is 4.90 Å². The van der Waals surface area contributed by atoms with Gasteiger partial charge in [0, 0.05) is 25.0 Å². The van der Waals surface area contributed by atoms with Crippen molar-refractivity contribution in [1.29, 1.82) is 0 Å². The minimum Gasteiger partial charge on any atom is -0.379 e. The maximum Gasteiger partial charge on any atom is 0.216 e. The molecule has 8 heteroatoms. The fourth-order valence-electron chi connectivity index (χ4n) is 2.69. The van der Waals surface area contributed by atoms with E-state index in [4.69, 9.17) is 4.74 Å². The Morgan fingerprint density at radius 3 is 2.80 bits per heavy atom. The molecular weight excluding hydrogens is 358 g/mol. The smallest absolute Gasteiger partial charge is 0.216 e. The number of morpholine rings is 1. The van der Waals surface area contributed by atoms with Crippen LogP contribution in [0.3, 0.4) is 0 Å². The molecule has 0 radical (unpaired) electrons. The molecule has 3 rings (SSSR count). The SMILES string of the molecule is Cc1ccccc1CS(=O)(=O)NCc1nc(CN2CCOCC2)cs1. The normalized spacial score (nSPS) is 16.2. The van der Waals surface area contributed by atoms with Crippen molar-refractivity contribution in [2.45, 2.75) is 25.8 Å². The van der Waals surface area contributed by atoms with E-state index in [0.717, 1.165) is 54.7 Å². The Balaban J connectivity index is 1.53. The third-order valence-electron chi connectivity index (χ3n) is 4.14. The predicted molar refractivity (Wildman–Crippen MR) is 98.9 cm³/mol. The van der Waals surface area contributed by atoms with Crippen LogP contribution in [0.1, 0.15) is 21.8 Å². The van der Waals surface area contributed by atoms with Gasteiger partial charge in [0.1, 0.15) is 5.01 Å². The van der Waals surface area contributed by atoms with Gasteiger partial charge in [0.05, 0.1) is 31.2 Å². The van der Waals surface area contributed by atoms with E-state index in [1.54, 1.807) is 0 Å². The third kappa shape index (κ3) is 5.58. The molecule has 1 saturated heterocycles. The predicted octanol–water partition coefficient (Wildman–Crippen LogP) is 1.90. The number of sulfonamides is 1. The molecule has 136 valence electrons. The van der Waals surface area contributed by atoms with Gasteiger partial charge in [-0.1, -0.05) is 24.3 Å². The van der Waals surface area contributed by atoms with Crippen LogP contribution in [0.25, 0.3) is 0 Å². The van der Waals surface area contributed by atoms with Crippen molar-refractivity contribution in [3.8, 4) is 0 Å². The molecule has 2 aromatic rings. The van der Waals surface area contributed by atoms with Gasteiger partial charge in [-0.25, -0.2) is 18.1 Å². The number of hydrogen-bond donors (Lipinski definition) is 1. The summed E-state index contributed by atoms with van der Waals surface area (Å²) in [5.41, 5.74) is 2.79. The Bertz CT molecular complexity index is 799. The van der Waals surface area contributed by atoms with Gasteiger partial charge >= 0.3 is 0 Å². The van der Waals surface area contributed by atoms with Crippen molar-refractivity contribution < 1.29 is 13.2 Å². The van der Waals surface area contributed by atoms with Gasteiger partial charge in [0.2, 0.25) is 10.0 Å². The van der Waals surface area contributed by atoms with E-state index in [2.05, 4.69) is 14.6 Å². The molecule has 1 aromatic heterocycles. The van der Waals surface area contributed by atoms with E-state index in [0.29, 0.717) is 0 Å². The fraction of sp³-hybridized carbons (Fsp3) is 0.471. The summed E-state index contributed by atoms with van der Waals surface area (Å²) >= 11 is 1.49. The minimum absolute atomic E-state index is 0.00825. The summed E-state index contributed by atoms with van der Waals surface area (Å²) in [5.74, 6) is -0.00825. The number of nitrogens with one attached hydrogen (secondary N) is 1. The lowest BCUT2D eigenvalue weighted by Crippen LogP contribution is -2.35. The molecule has 25 heavy (non-hydrogen) atoms. The first-order chi connectivity index (χ1) is 12.0. The lowest BCUT2D eigenvalue weighted by Gasteiger charge is -2.25. The first-order valence-electron chi connectivity index (χ1n) is 8.27. The van der Waals surface area contributed by atoms with Crippen LogP contribution in [0.5, 0.6) is 0 Å². The van der Waals surface area contributed by atoms with E-state index >= 15 is 0 Å². The quantitative estimate of drug-likeness (QED) is 0.793. The molecule has 1 aromatic carbocycles. The van der Waals surface area contributed by atoms with Crippen LogP contribution < -0.4 is 4.72 Å². The number of nitrogens with zero attached hydrogens (tertiary/aromatic N) is 2. The van der Waals surface area contributed by atoms with Crippen LogP contribution in [-0.4, -0.2) is 44.6 Å². The first-order valence-corrected chi connectivity index (χ1v) is 10.8. The van der Waals surface area contributed by atoms with Gasteiger partial charge < -0.3 is 4.74 Å². The van der Waals surface area contributed by atoms with Crippen molar-refractivity contribution in [2.75, 3.05) is 26.3 Å². The highest BCUT2D eigenvalue weighted by atomic mass is 32.2. The molecule has 0 bridgehead atoms. The zero-order valence-corrected chi connectivity index (χ0v) is 15.9. The molecule has 6 nitrogen and oxygen atoms in total. The summed E-state index contributed by atoms with van der Waals surface area (Å²) in [7, 11) is -3.38. The zero-order chi connectivity index (χ0) is 17.7. The molecule has 0 spiro atoms. The van der Waals surface area contributed by atoms with E-state index in [9.17, 15) is 8.42 Å². The Labute approximate surface area is 152 Å². The van der Waals surface area contributed by atoms with E-state index in [1.807, 2.05) is 36.6 Å². The number of aromatic nitrogens is 1. The highest BCUT2D eigenvalue weighted by molar-refractivity contribution is 7.88. The molecule has 1 fully saturated rings.